The Labute approximate surface area is 403 Å². The van der Waals surface area contributed by atoms with E-state index in [9.17, 15) is 98.8 Å². The monoisotopic (exact) mass is 1060 g/mol. The van der Waals surface area contributed by atoms with Gasteiger partial charge in [-0.25, -0.2) is 4.79 Å². The van der Waals surface area contributed by atoms with Crippen LogP contribution in [0.4, 0.5) is 0 Å². The van der Waals surface area contributed by atoms with Crippen LogP contribution in [0.25, 0.3) is 0 Å². The van der Waals surface area contributed by atoms with E-state index in [0.717, 1.165) is 21.0 Å². The van der Waals surface area contributed by atoms with Gasteiger partial charge in [-0.3, -0.25) is 14.1 Å². The zero-order valence-electron chi connectivity index (χ0n) is 38.1. The lowest BCUT2D eigenvalue weighted by Crippen LogP contribution is -2.72. The predicted octanol–water partition coefficient (Wildman–Crippen LogP) is -11.1. The second-order valence-corrected chi connectivity index (χ2v) is 19.0. The van der Waals surface area contributed by atoms with Crippen LogP contribution in [0.5, 0.6) is 0 Å². The van der Waals surface area contributed by atoms with E-state index in [2.05, 4.69) is 10.6 Å². The lowest BCUT2D eigenvalue weighted by Gasteiger charge is -2.52. The standard InChI is InChI=1S/C38H65N3O29S/c1-11(46)39-20-13(23(51)15(49)6-42)4-38(37(57)58,5-14(20)48)70-32-26(54)18(8-44)65-36(28(32)56)67-29-19(9-45)66-34(21(40-12(2)47)31(29)69-35-27(55)24(52)16(50)10-63-35)68-30-22(41-71(59,60)61)33(62-3)64-17(7-43)25(30)53/h13-36,41-45,48-56H,4-10H2,1-3H3,(H,39,46)(H,40,47)(H,57,58)(H,59,60,61)/t13?,14-,15-,16-,17?,18+,19?,20+,21?,22?,23?,24+,25+,26+,27?,28?,29-,30-,31-,32?,33-,34+,35+,36+,38+/m1/s1. The van der Waals surface area contributed by atoms with Gasteiger partial charge in [0.15, 0.2) is 30.8 Å². The minimum atomic E-state index is -5.19. The van der Waals surface area contributed by atoms with E-state index in [-0.39, 0.29) is 0 Å². The Bertz CT molecular complexity index is 1880. The van der Waals surface area contributed by atoms with Gasteiger partial charge in [0.25, 0.3) is 0 Å². The van der Waals surface area contributed by atoms with Crippen molar-refractivity contribution in [2.75, 3.05) is 40.1 Å². The Morgan fingerprint density at radius 3 is 1.72 bits per heavy atom. The molecule has 412 valence electrons. The van der Waals surface area contributed by atoms with Crippen LogP contribution in [0.1, 0.15) is 26.7 Å². The molecule has 0 radical (unpaired) electrons. The highest BCUT2D eigenvalue weighted by Crippen LogP contribution is 2.42. The number of rotatable bonds is 20. The number of aliphatic hydroxyl groups excluding tert-OH is 13. The quantitative estimate of drug-likeness (QED) is 0.0504. The molecular formula is C38H65N3O29S. The van der Waals surface area contributed by atoms with Crippen molar-refractivity contribution >= 4 is 28.1 Å². The normalized spacial score (nSPS) is 44.3. The Balaban J connectivity index is 1.57. The number of carbonyl (C=O) groups excluding carboxylic acids is 2. The summed E-state index contributed by atoms with van der Waals surface area (Å²) in [4.78, 5) is 38.3. The fraction of sp³-hybridized carbons (Fsp3) is 0.921. The Hall–Kier alpha value is -2.60. The van der Waals surface area contributed by atoms with Gasteiger partial charge in [-0.1, -0.05) is 0 Å². The topological polar surface area (TPSA) is 508 Å². The predicted molar refractivity (Wildman–Crippen MR) is 221 cm³/mol. The summed E-state index contributed by atoms with van der Waals surface area (Å²) >= 11 is 0. The van der Waals surface area contributed by atoms with Crippen molar-refractivity contribution < 1.29 is 141 Å². The second kappa shape index (κ2) is 24.8. The summed E-state index contributed by atoms with van der Waals surface area (Å²) in [6.07, 6.45) is -41.6. The number of aliphatic carboxylic acids is 1. The largest absolute Gasteiger partial charge is 0.479 e. The number of nitrogens with one attached hydrogen (secondary N) is 3. The van der Waals surface area contributed by atoms with E-state index >= 15 is 0 Å². The SMILES string of the molecule is CO[C@@H]1OC(CO)[C@H](O)[C@H](O[C@@H]2OC(CO)[C@@H](O[C@@H]3O[C@@H](CO)[C@H](O)C(O[C@@]4(C(=O)O)CC(C(O)[C@H](O)CO)[C@H](NC(C)=O)[C@H](O)C4)C3O)[C@H](O[C@@H]3OC[C@@H](O)[C@H](O)C3O)C2NC(C)=O)C1NS(=O)(=O)O. The zero-order chi connectivity index (χ0) is 53.0. The number of carboxylic acids is 1. The van der Waals surface area contributed by atoms with Crippen molar-refractivity contribution in [1.82, 2.24) is 15.4 Å². The molecule has 18 N–H and O–H groups in total. The van der Waals surface area contributed by atoms with Crippen molar-refractivity contribution in [2.45, 2.75) is 173 Å². The first-order valence-corrected chi connectivity index (χ1v) is 23.5. The molecule has 1 aliphatic carbocycles. The van der Waals surface area contributed by atoms with E-state index in [1.807, 2.05) is 0 Å². The van der Waals surface area contributed by atoms with E-state index in [1.165, 1.54) is 0 Å². The summed E-state index contributed by atoms with van der Waals surface area (Å²) in [7, 11) is -4.17. The average Bonchev–Trinajstić information content (AvgIpc) is 3.30. The van der Waals surface area contributed by atoms with E-state index in [0.29, 0.717) is 0 Å². The van der Waals surface area contributed by atoms with Crippen molar-refractivity contribution in [3.05, 3.63) is 0 Å². The first-order chi connectivity index (χ1) is 33.3. The van der Waals surface area contributed by atoms with Gasteiger partial charge in [0.1, 0.15) is 97.5 Å². The van der Waals surface area contributed by atoms with Crippen LogP contribution >= 0.6 is 0 Å². The molecule has 0 aromatic carbocycles. The Morgan fingerprint density at radius 2 is 1.18 bits per heavy atom. The lowest BCUT2D eigenvalue weighted by molar-refractivity contribution is -0.381. The molecule has 9 unspecified atom stereocenters. The maximum Gasteiger partial charge on any atom is 0.336 e. The first kappa shape index (κ1) is 59.3. The molecular weight excluding hydrogens is 994 g/mol. The molecule has 0 aromatic rings. The molecule has 25 atom stereocenters. The number of hydrogen-bond acceptors (Lipinski definition) is 27. The molecule has 2 amide bonds. The fourth-order valence-corrected chi connectivity index (χ4v) is 9.95. The number of aliphatic hydroxyl groups is 13. The zero-order valence-corrected chi connectivity index (χ0v) is 39.0. The van der Waals surface area contributed by atoms with Crippen LogP contribution in [0.3, 0.4) is 0 Å². The summed E-state index contributed by atoms with van der Waals surface area (Å²) in [5.41, 5.74) is -2.73. The number of hydrogen-bond donors (Lipinski definition) is 18. The van der Waals surface area contributed by atoms with Crippen LogP contribution in [-0.2, 0) is 67.3 Å². The van der Waals surface area contributed by atoms with E-state index in [4.69, 9.17) is 42.6 Å². The van der Waals surface area contributed by atoms with Gasteiger partial charge < -0.3 is 125 Å². The van der Waals surface area contributed by atoms with Crippen LogP contribution < -0.4 is 15.4 Å². The molecule has 4 saturated heterocycles. The molecule has 4 aliphatic heterocycles. The minimum Gasteiger partial charge on any atom is -0.479 e. The van der Waals surface area contributed by atoms with Gasteiger partial charge in [-0.05, 0) is 6.42 Å². The van der Waals surface area contributed by atoms with Crippen molar-refractivity contribution in [3.63, 3.8) is 0 Å². The number of ether oxygens (including phenoxy) is 9. The molecule has 0 aromatic heterocycles. The molecule has 71 heavy (non-hydrogen) atoms. The molecule has 0 bridgehead atoms. The van der Waals surface area contributed by atoms with Crippen LogP contribution in [0.2, 0.25) is 0 Å². The summed E-state index contributed by atoms with van der Waals surface area (Å²) < 4.78 is 87.8. The molecule has 5 aliphatic rings. The molecule has 5 fully saturated rings. The first-order valence-electron chi connectivity index (χ1n) is 22.1. The summed E-state index contributed by atoms with van der Waals surface area (Å²) in [6.45, 7) is -2.98. The summed E-state index contributed by atoms with van der Waals surface area (Å²) in [5, 5.41) is 155. The number of amides is 2. The van der Waals surface area contributed by atoms with Gasteiger partial charge in [0.2, 0.25) is 11.8 Å². The highest BCUT2D eigenvalue weighted by atomic mass is 32.2. The molecule has 0 spiro atoms. The molecule has 5 rings (SSSR count). The van der Waals surface area contributed by atoms with Crippen molar-refractivity contribution in [2.24, 2.45) is 5.92 Å². The number of carboxylic acid groups (broad SMARTS) is 1. The second-order valence-electron chi connectivity index (χ2n) is 17.8. The number of carbonyl (C=O) groups is 3. The number of methoxy groups -OCH3 is 1. The van der Waals surface area contributed by atoms with Crippen LogP contribution in [0.15, 0.2) is 0 Å². The van der Waals surface area contributed by atoms with Crippen LogP contribution in [0, 0.1) is 5.92 Å². The highest BCUT2D eigenvalue weighted by molar-refractivity contribution is 7.83. The Morgan fingerprint density at radius 1 is 0.648 bits per heavy atom. The van der Waals surface area contributed by atoms with E-state index in [1.54, 1.807) is 4.72 Å². The van der Waals surface area contributed by atoms with Gasteiger partial charge in [-0.2, -0.15) is 13.1 Å². The Kier molecular flexibility index (Phi) is 20.7. The molecule has 33 heteroatoms. The van der Waals surface area contributed by atoms with Crippen LogP contribution in [-0.4, -0.2) is 289 Å². The maximum absolute atomic E-state index is 13.2. The highest BCUT2D eigenvalue weighted by Gasteiger charge is 2.60. The third-order valence-electron chi connectivity index (χ3n) is 12.8. The van der Waals surface area contributed by atoms with Crippen molar-refractivity contribution in [3.8, 4) is 0 Å². The van der Waals surface area contributed by atoms with Gasteiger partial charge in [0.05, 0.1) is 51.3 Å². The van der Waals surface area contributed by atoms with Crippen molar-refractivity contribution in [1.29, 1.82) is 0 Å². The minimum absolute atomic E-state index is 0.689. The molecule has 1 saturated carbocycles. The smallest absolute Gasteiger partial charge is 0.336 e. The summed E-state index contributed by atoms with van der Waals surface area (Å²) in [6, 6.07) is -5.24. The van der Waals surface area contributed by atoms with Gasteiger partial charge >= 0.3 is 16.3 Å². The average molecular weight is 1060 g/mol. The lowest BCUT2D eigenvalue weighted by atomic mass is 9.70. The summed E-state index contributed by atoms with van der Waals surface area (Å²) in [5.74, 6) is -5.16. The molecule has 4 heterocycles. The van der Waals surface area contributed by atoms with Gasteiger partial charge in [0, 0.05) is 33.3 Å². The third kappa shape index (κ3) is 13.5. The molecule has 32 nitrogen and oxygen atoms in total. The van der Waals surface area contributed by atoms with E-state index < -0.39 is 226 Å². The maximum atomic E-state index is 13.2. The van der Waals surface area contributed by atoms with Gasteiger partial charge in [-0.15, -0.1) is 0 Å². The third-order valence-corrected chi connectivity index (χ3v) is 13.4. The fourth-order valence-electron chi connectivity index (χ4n) is 9.37.